The summed E-state index contributed by atoms with van der Waals surface area (Å²) in [6.07, 6.45) is 0. The molecule has 0 saturated heterocycles. The zero-order valence-corrected chi connectivity index (χ0v) is 9.76. The highest BCUT2D eigenvalue weighted by atomic mass is 35.5. The van der Waals surface area contributed by atoms with Crippen LogP contribution in [0, 0.1) is 0 Å². The molecule has 1 aromatic carbocycles. The molecule has 0 aliphatic rings. The van der Waals surface area contributed by atoms with Gasteiger partial charge in [0.2, 0.25) is 5.91 Å². The number of carbonyl (C=O) groups is 1. The smallest absolute Gasteiger partial charge is 0.227 e. The highest BCUT2D eigenvalue weighted by molar-refractivity contribution is 8.00. The van der Waals surface area contributed by atoms with Crippen LogP contribution in [-0.4, -0.2) is 21.6 Å². The maximum Gasteiger partial charge on any atom is 0.227 e. The molecule has 0 unspecified atom stereocenters. The number of thioether (sulfide) groups is 1. The number of carbonyl (C=O) groups excluding carboxylic acids is 1. The van der Waals surface area contributed by atoms with Gasteiger partial charge in [-0.3, -0.25) is 4.79 Å². The summed E-state index contributed by atoms with van der Waals surface area (Å²) in [7, 11) is 0. The molecule has 6 heteroatoms. The monoisotopic (exact) mass is 253 g/mol. The van der Waals surface area contributed by atoms with Gasteiger partial charge in [0.1, 0.15) is 5.03 Å². The third kappa shape index (κ3) is 2.43. The Balaban J connectivity index is 2.38. The Morgan fingerprint density at radius 2 is 1.94 bits per heavy atom. The molecule has 0 aliphatic carbocycles. The van der Waals surface area contributed by atoms with Gasteiger partial charge in [-0.15, -0.1) is 0 Å². The molecule has 0 bridgehead atoms. The van der Waals surface area contributed by atoms with Crippen LogP contribution in [0.3, 0.4) is 0 Å². The number of primary amides is 1. The number of nitrogens with zero attached hydrogens (tertiary/aromatic N) is 2. The van der Waals surface area contributed by atoms with Gasteiger partial charge in [-0.25, -0.2) is 9.97 Å². The molecule has 1 amide bonds. The standard InChI is InChI=1S/C10H8ClN3OS/c11-9-10(16-5-8(12)15)14-7-4-2-1-3-6(7)13-9/h1-4H,5H2,(H2,12,15). The summed E-state index contributed by atoms with van der Waals surface area (Å²) in [6.45, 7) is 0. The average Bonchev–Trinajstić information content (AvgIpc) is 2.26. The summed E-state index contributed by atoms with van der Waals surface area (Å²) in [5.74, 6) is -0.261. The Kier molecular flexibility index (Phi) is 3.26. The van der Waals surface area contributed by atoms with E-state index in [2.05, 4.69) is 9.97 Å². The van der Waals surface area contributed by atoms with E-state index in [1.54, 1.807) is 0 Å². The van der Waals surface area contributed by atoms with Gasteiger partial charge in [-0.2, -0.15) is 0 Å². The number of nitrogens with two attached hydrogens (primary N) is 1. The van der Waals surface area contributed by atoms with E-state index in [1.165, 1.54) is 11.8 Å². The van der Waals surface area contributed by atoms with Crippen molar-refractivity contribution in [3.8, 4) is 0 Å². The molecular formula is C10H8ClN3OS. The summed E-state index contributed by atoms with van der Waals surface area (Å²) in [6, 6.07) is 7.40. The van der Waals surface area contributed by atoms with Gasteiger partial charge in [0.25, 0.3) is 0 Å². The highest BCUT2D eigenvalue weighted by Crippen LogP contribution is 2.25. The predicted molar refractivity (Wildman–Crippen MR) is 64.5 cm³/mol. The number of hydrogen-bond donors (Lipinski definition) is 1. The van der Waals surface area contributed by atoms with Crippen LogP contribution in [0.25, 0.3) is 11.0 Å². The van der Waals surface area contributed by atoms with Crippen molar-refractivity contribution in [3.63, 3.8) is 0 Å². The van der Waals surface area contributed by atoms with Crippen LogP contribution in [0.4, 0.5) is 0 Å². The van der Waals surface area contributed by atoms with Crippen LogP contribution in [0.5, 0.6) is 0 Å². The Labute approximate surface area is 101 Å². The number of fused-ring (bicyclic) bond motifs is 1. The summed E-state index contributed by atoms with van der Waals surface area (Å²) >= 11 is 7.13. The lowest BCUT2D eigenvalue weighted by Crippen LogP contribution is -2.13. The fourth-order valence-corrected chi connectivity index (χ4v) is 2.10. The van der Waals surface area contributed by atoms with E-state index in [0.29, 0.717) is 10.2 Å². The minimum atomic E-state index is -0.406. The third-order valence-corrected chi connectivity index (χ3v) is 3.21. The number of hydrogen-bond acceptors (Lipinski definition) is 4. The van der Waals surface area contributed by atoms with Crippen LogP contribution in [0.1, 0.15) is 0 Å². The van der Waals surface area contributed by atoms with Crippen molar-refractivity contribution in [1.82, 2.24) is 9.97 Å². The molecule has 2 rings (SSSR count). The Hall–Kier alpha value is -1.33. The first kappa shape index (κ1) is 11.2. The molecule has 4 nitrogen and oxygen atoms in total. The molecule has 0 spiro atoms. The Morgan fingerprint density at radius 3 is 2.56 bits per heavy atom. The second-order valence-electron chi connectivity index (χ2n) is 3.06. The summed E-state index contributed by atoms with van der Waals surface area (Å²) < 4.78 is 0. The van der Waals surface area contributed by atoms with Gasteiger partial charge in [-0.1, -0.05) is 35.5 Å². The van der Waals surface area contributed by atoms with E-state index in [9.17, 15) is 4.79 Å². The number of aromatic nitrogens is 2. The van der Waals surface area contributed by atoms with Gasteiger partial charge >= 0.3 is 0 Å². The first-order valence-electron chi connectivity index (χ1n) is 4.50. The lowest BCUT2D eigenvalue weighted by Gasteiger charge is -2.03. The summed E-state index contributed by atoms with van der Waals surface area (Å²) in [5, 5.41) is 0.823. The second kappa shape index (κ2) is 4.67. The number of benzene rings is 1. The van der Waals surface area contributed by atoms with Gasteiger partial charge in [0, 0.05) is 0 Å². The molecule has 0 fully saturated rings. The van der Waals surface area contributed by atoms with Crippen molar-refractivity contribution in [2.45, 2.75) is 5.03 Å². The molecule has 1 aromatic heterocycles. The number of amides is 1. The molecule has 2 N–H and O–H groups in total. The van der Waals surface area contributed by atoms with E-state index in [1.807, 2.05) is 24.3 Å². The Morgan fingerprint density at radius 1 is 1.31 bits per heavy atom. The SMILES string of the molecule is NC(=O)CSc1nc2ccccc2nc1Cl. The normalized spacial score (nSPS) is 10.6. The van der Waals surface area contributed by atoms with Gasteiger partial charge < -0.3 is 5.73 Å². The fourth-order valence-electron chi connectivity index (χ4n) is 1.19. The number of para-hydroxylation sites is 2. The van der Waals surface area contributed by atoms with Crippen LogP contribution in [-0.2, 0) is 4.79 Å². The van der Waals surface area contributed by atoms with E-state index in [4.69, 9.17) is 17.3 Å². The quantitative estimate of drug-likeness (QED) is 0.848. The largest absolute Gasteiger partial charge is 0.369 e. The van der Waals surface area contributed by atoms with Crippen molar-refractivity contribution >= 4 is 40.3 Å². The number of rotatable bonds is 3. The molecular weight excluding hydrogens is 246 g/mol. The van der Waals surface area contributed by atoms with Gasteiger partial charge in [0.05, 0.1) is 16.8 Å². The predicted octanol–water partition coefficient (Wildman–Crippen LogP) is 1.86. The van der Waals surface area contributed by atoms with Crippen molar-refractivity contribution in [1.29, 1.82) is 0 Å². The molecule has 2 aromatic rings. The Bertz CT molecular complexity index is 547. The van der Waals surface area contributed by atoms with Crippen LogP contribution >= 0.6 is 23.4 Å². The van der Waals surface area contributed by atoms with Crippen LogP contribution < -0.4 is 5.73 Å². The lowest BCUT2D eigenvalue weighted by atomic mass is 10.3. The van der Waals surface area contributed by atoms with E-state index in [0.717, 1.165) is 11.0 Å². The zero-order chi connectivity index (χ0) is 11.5. The third-order valence-electron chi connectivity index (χ3n) is 1.85. The van der Waals surface area contributed by atoms with Crippen molar-refractivity contribution in [2.24, 2.45) is 5.73 Å². The maximum atomic E-state index is 10.7. The highest BCUT2D eigenvalue weighted by Gasteiger charge is 2.08. The molecule has 0 radical (unpaired) electrons. The first-order chi connectivity index (χ1) is 7.66. The van der Waals surface area contributed by atoms with Crippen molar-refractivity contribution in [3.05, 3.63) is 29.4 Å². The van der Waals surface area contributed by atoms with E-state index in [-0.39, 0.29) is 5.75 Å². The molecule has 16 heavy (non-hydrogen) atoms. The zero-order valence-electron chi connectivity index (χ0n) is 8.18. The second-order valence-corrected chi connectivity index (χ2v) is 4.39. The molecule has 0 saturated carbocycles. The van der Waals surface area contributed by atoms with Crippen molar-refractivity contribution < 1.29 is 4.79 Å². The maximum absolute atomic E-state index is 10.7. The number of halogens is 1. The summed E-state index contributed by atoms with van der Waals surface area (Å²) in [4.78, 5) is 19.1. The minimum Gasteiger partial charge on any atom is -0.369 e. The van der Waals surface area contributed by atoms with Crippen molar-refractivity contribution in [2.75, 3.05) is 5.75 Å². The van der Waals surface area contributed by atoms with Gasteiger partial charge in [-0.05, 0) is 12.1 Å². The minimum absolute atomic E-state index is 0.146. The molecule has 82 valence electrons. The van der Waals surface area contributed by atoms with E-state index >= 15 is 0 Å². The fraction of sp³-hybridized carbons (Fsp3) is 0.100. The van der Waals surface area contributed by atoms with E-state index < -0.39 is 5.91 Å². The summed E-state index contributed by atoms with van der Waals surface area (Å²) in [5.41, 5.74) is 6.53. The topological polar surface area (TPSA) is 68.9 Å². The van der Waals surface area contributed by atoms with Crippen LogP contribution in [0.15, 0.2) is 29.3 Å². The first-order valence-corrected chi connectivity index (χ1v) is 5.86. The molecule has 0 aliphatic heterocycles. The molecule has 0 atom stereocenters. The molecule has 1 heterocycles. The van der Waals surface area contributed by atoms with Crippen LogP contribution in [0.2, 0.25) is 5.15 Å². The van der Waals surface area contributed by atoms with Gasteiger partial charge in [0.15, 0.2) is 5.15 Å². The average molecular weight is 254 g/mol. The lowest BCUT2D eigenvalue weighted by molar-refractivity contribution is -0.115.